The van der Waals surface area contributed by atoms with Crippen molar-refractivity contribution < 1.29 is 19.0 Å². The smallest absolute Gasteiger partial charge is 0.231 e. The van der Waals surface area contributed by atoms with Gasteiger partial charge in [0.25, 0.3) is 0 Å². The molecule has 2 heterocycles. The zero-order chi connectivity index (χ0) is 14.9. The number of benzene rings is 1. The Bertz CT molecular complexity index is 535. The van der Waals surface area contributed by atoms with Crippen LogP contribution in [0.3, 0.4) is 0 Å². The van der Waals surface area contributed by atoms with Crippen LogP contribution in [0.15, 0.2) is 18.2 Å². The highest BCUT2D eigenvalue weighted by Crippen LogP contribution is 2.36. The van der Waals surface area contributed by atoms with Crippen LogP contribution in [-0.2, 0) is 14.9 Å². The zero-order valence-corrected chi connectivity index (χ0v) is 12.5. The van der Waals surface area contributed by atoms with Gasteiger partial charge in [0.15, 0.2) is 11.5 Å². The molecular weight excluding hydrogens is 270 g/mol. The topological polar surface area (TPSA) is 56.8 Å². The minimum atomic E-state index is -0.625. The number of carbonyl (C=O) groups is 1. The van der Waals surface area contributed by atoms with Crippen molar-refractivity contribution in [3.8, 4) is 11.5 Å². The quantitative estimate of drug-likeness (QED) is 0.921. The molecule has 1 amide bonds. The Hall–Kier alpha value is -1.75. The first-order chi connectivity index (χ1) is 10.1. The third kappa shape index (κ3) is 2.83. The molecule has 1 fully saturated rings. The molecule has 0 saturated carbocycles. The van der Waals surface area contributed by atoms with Gasteiger partial charge in [-0.15, -0.1) is 0 Å². The van der Waals surface area contributed by atoms with Gasteiger partial charge in [-0.2, -0.15) is 0 Å². The standard InChI is InChI=1S/C16H21NO4/c1-16(2,15(18)17-9-12-4-3-7-19-12)11-5-6-13-14(8-11)21-10-20-13/h5-6,8,12H,3-4,7,9-10H2,1-2H3,(H,17,18). The molecule has 1 unspecified atom stereocenters. The number of nitrogens with one attached hydrogen (secondary N) is 1. The number of amides is 1. The molecule has 114 valence electrons. The van der Waals surface area contributed by atoms with Crippen molar-refractivity contribution in [2.24, 2.45) is 0 Å². The summed E-state index contributed by atoms with van der Waals surface area (Å²) in [6.07, 6.45) is 2.25. The summed E-state index contributed by atoms with van der Waals surface area (Å²) >= 11 is 0. The number of hydrogen-bond acceptors (Lipinski definition) is 4. The molecule has 0 radical (unpaired) electrons. The van der Waals surface area contributed by atoms with Crippen molar-refractivity contribution in [2.75, 3.05) is 19.9 Å². The Morgan fingerprint density at radius 2 is 2.14 bits per heavy atom. The minimum Gasteiger partial charge on any atom is -0.454 e. The predicted octanol–water partition coefficient (Wildman–Crippen LogP) is 1.99. The van der Waals surface area contributed by atoms with E-state index in [1.165, 1.54) is 0 Å². The maximum absolute atomic E-state index is 12.5. The van der Waals surface area contributed by atoms with E-state index in [9.17, 15) is 4.79 Å². The van der Waals surface area contributed by atoms with E-state index in [2.05, 4.69) is 5.32 Å². The van der Waals surface area contributed by atoms with Crippen LogP contribution in [-0.4, -0.2) is 32.0 Å². The second kappa shape index (κ2) is 5.56. The molecule has 21 heavy (non-hydrogen) atoms. The van der Waals surface area contributed by atoms with Gasteiger partial charge in [-0.05, 0) is 44.4 Å². The van der Waals surface area contributed by atoms with Crippen LogP contribution >= 0.6 is 0 Å². The molecular formula is C16H21NO4. The molecule has 1 atom stereocenters. The third-order valence-electron chi connectivity index (χ3n) is 4.18. The maximum Gasteiger partial charge on any atom is 0.231 e. The van der Waals surface area contributed by atoms with E-state index in [0.29, 0.717) is 12.3 Å². The molecule has 0 aliphatic carbocycles. The lowest BCUT2D eigenvalue weighted by Gasteiger charge is -2.25. The molecule has 0 bridgehead atoms. The third-order valence-corrected chi connectivity index (χ3v) is 4.18. The average molecular weight is 291 g/mol. The Morgan fingerprint density at radius 3 is 2.90 bits per heavy atom. The second-order valence-electron chi connectivity index (χ2n) is 6.04. The van der Waals surface area contributed by atoms with Crippen LogP contribution < -0.4 is 14.8 Å². The van der Waals surface area contributed by atoms with E-state index in [0.717, 1.165) is 30.8 Å². The van der Waals surface area contributed by atoms with Gasteiger partial charge in [0.2, 0.25) is 12.7 Å². The van der Waals surface area contributed by atoms with Crippen LogP contribution in [0, 0.1) is 0 Å². The molecule has 1 aromatic rings. The summed E-state index contributed by atoms with van der Waals surface area (Å²) in [5, 5.41) is 3.00. The molecule has 1 saturated heterocycles. The Balaban J connectivity index is 1.68. The first kappa shape index (κ1) is 14.2. The van der Waals surface area contributed by atoms with Gasteiger partial charge in [0.05, 0.1) is 11.5 Å². The van der Waals surface area contributed by atoms with E-state index < -0.39 is 5.41 Å². The Labute approximate surface area is 124 Å². The fourth-order valence-electron chi connectivity index (χ4n) is 2.65. The molecule has 0 spiro atoms. The summed E-state index contributed by atoms with van der Waals surface area (Å²) in [4.78, 5) is 12.5. The Kier molecular flexibility index (Phi) is 3.76. The first-order valence-corrected chi connectivity index (χ1v) is 7.37. The second-order valence-corrected chi connectivity index (χ2v) is 6.04. The first-order valence-electron chi connectivity index (χ1n) is 7.37. The number of rotatable bonds is 4. The monoisotopic (exact) mass is 291 g/mol. The van der Waals surface area contributed by atoms with Gasteiger partial charge in [-0.3, -0.25) is 4.79 Å². The number of hydrogen-bond donors (Lipinski definition) is 1. The lowest BCUT2D eigenvalue weighted by Crippen LogP contribution is -2.43. The normalized spacial score (nSPS) is 20.6. The van der Waals surface area contributed by atoms with E-state index in [1.54, 1.807) is 0 Å². The zero-order valence-electron chi connectivity index (χ0n) is 12.5. The molecule has 5 heteroatoms. The van der Waals surface area contributed by atoms with E-state index in [1.807, 2.05) is 32.0 Å². The fraction of sp³-hybridized carbons (Fsp3) is 0.562. The summed E-state index contributed by atoms with van der Waals surface area (Å²) in [7, 11) is 0. The summed E-state index contributed by atoms with van der Waals surface area (Å²) in [5.41, 5.74) is 0.288. The largest absolute Gasteiger partial charge is 0.454 e. The van der Waals surface area contributed by atoms with Crippen LogP contribution in [0.2, 0.25) is 0 Å². The Morgan fingerprint density at radius 1 is 1.33 bits per heavy atom. The highest BCUT2D eigenvalue weighted by atomic mass is 16.7. The molecule has 5 nitrogen and oxygen atoms in total. The highest BCUT2D eigenvalue weighted by Gasteiger charge is 2.32. The average Bonchev–Trinajstić information content (AvgIpc) is 3.14. The SMILES string of the molecule is CC(C)(C(=O)NCC1CCCO1)c1ccc2c(c1)OCO2. The molecule has 0 aromatic heterocycles. The highest BCUT2D eigenvalue weighted by molar-refractivity contribution is 5.87. The van der Waals surface area contributed by atoms with Crippen LogP contribution in [0.5, 0.6) is 11.5 Å². The van der Waals surface area contributed by atoms with Crippen molar-refractivity contribution >= 4 is 5.91 Å². The van der Waals surface area contributed by atoms with E-state index >= 15 is 0 Å². The summed E-state index contributed by atoms with van der Waals surface area (Å²) in [5.74, 6) is 1.43. The summed E-state index contributed by atoms with van der Waals surface area (Å²) in [6, 6.07) is 5.65. The minimum absolute atomic E-state index is 0.00290. The van der Waals surface area contributed by atoms with Crippen molar-refractivity contribution in [1.29, 1.82) is 0 Å². The van der Waals surface area contributed by atoms with E-state index in [4.69, 9.17) is 14.2 Å². The van der Waals surface area contributed by atoms with E-state index in [-0.39, 0.29) is 18.8 Å². The van der Waals surface area contributed by atoms with Gasteiger partial charge in [0.1, 0.15) is 0 Å². The van der Waals surface area contributed by atoms with Gasteiger partial charge >= 0.3 is 0 Å². The van der Waals surface area contributed by atoms with Crippen molar-refractivity contribution in [3.63, 3.8) is 0 Å². The molecule has 2 aliphatic heterocycles. The number of fused-ring (bicyclic) bond motifs is 1. The summed E-state index contributed by atoms with van der Waals surface area (Å²) < 4.78 is 16.2. The van der Waals surface area contributed by atoms with Gasteiger partial charge in [-0.25, -0.2) is 0 Å². The maximum atomic E-state index is 12.5. The van der Waals surface area contributed by atoms with Crippen molar-refractivity contribution in [2.45, 2.75) is 38.2 Å². The lowest BCUT2D eigenvalue weighted by molar-refractivity contribution is -0.126. The molecule has 2 aliphatic rings. The van der Waals surface area contributed by atoms with Crippen LogP contribution in [0.25, 0.3) is 0 Å². The van der Waals surface area contributed by atoms with Crippen LogP contribution in [0.1, 0.15) is 32.3 Å². The van der Waals surface area contributed by atoms with Gasteiger partial charge in [-0.1, -0.05) is 6.07 Å². The number of ether oxygens (including phenoxy) is 3. The fourth-order valence-corrected chi connectivity index (χ4v) is 2.65. The summed E-state index contributed by atoms with van der Waals surface area (Å²) in [6.45, 7) is 5.44. The van der Waals surface area contributed by atoms with Crippen molar-refractivity contribution in [3.05, 3.63) is 23.8 Å². The lowest BCUT2D eigenvalue weighted by atomic mass is 9.83. The van der Waals surface area contributed by atoms with Crippen LogP contribution in [0.4, 0.5) is 0 Å². The molecule has 1 N–H and O–H groups in total. The molecule has 3 rings (SSSR count). The molecule has 1 aromatic carbocycles. The van der Waals surface area contributed by atoms with Gasteiger partial charge in [0, 0.05) is 13.2 Å². The van der Waals surface area contributed by atoms with Crippen molar-refractivity contribution in [1.82, 2.24) is 5.32 Å². The predicted molar refractivity (Wildman–Crippen MR) is 77.6 cm³/mol. The number of carbonyl (C=O) groups excluding carboxylic acids is 1. The van der Waals surface area contributed by atoms with Gasteiger partial charge < -0.3 is 19.5 Å².